The molecule has 1 aliphatic rings. The molecule has 2 unspecified atom stereocenters. The quantitative estimate of drug-likeness (QED) is 0.453. The van der Waals surface area contributed by atoms with Gasteiger partial charge in [0.25, 0.3) is 0 Å². The van der Waals surface area contributed by atoms with Gasteiger partial charge in [-0.25, -0.2) is 0 Å². The van der Waals surface area contributed by atoms with Crippen molar-refractivity contribution in [1.29, 1.82) is 0 Å². The molecule has 3 amide bonds. The molecule has 0 aromatic rings. The van der Waals surface area contributed by atoms with Gasteiger partial charge in [-0.15, -0.1) is 0 Å². The lowest BCUT2D eigenvalue weighted by molar-refractivity contribution is -0.137. The van der Waals surface area contributed by atoms with Crippen LogP contribution in [0.5, 0.6) is 0 Å². The lowest BCUT2D eigenvalue weighted by Gasteiger charge is -2.23. The Balaban J connectivity index is 2.59. The number of thiocarbonyl (C=S) groups is 1. The van der Waals surface area contributed by atoms with Gasteiger partial charge in [0.1, 0.15) is 6.04 Å². The number of nitrogens with one attached hydrogen (secondary N) is 2. The molecule has 4 N–H and O–H groups in total. The zero-order valence-electron chi connectivity index (χ0n) is 9.49. The topological polar surface area (TPSA) is 101 Å². The largest absolute Gasteiger partial charge is 0.393 e. The number of carbonyl (C=O) groups excluding carboxylic acids is 3. The van der Waals surface area contributed by atoms with E-state index in [-0.39, 0.29) is 23.2 Å². The van der Waals surface area contributed by atoms with E-state index in [9.17, 15) is 14.4 Å². The molecule has 6 nitrogen and oxygen atoms in total. The maximum absolute atomic E-state index is 11.8. The maximum Gasteiger partial charge on any atom is 0.249 e. The molecule has 1 rings (SSSR count). The van der Waals surface area contributed by atoms with Gasteiger partial charge in [0.15, 0.2) is 0 Å². The van der Waals surface area contributed by atoms with Crippen molar-refractivity contribution in [2.24, 2.45) is 11.7 Å². The molecule has 0 bridgehead atoms. The maximum atomic E-state index is 11.8. The summed E-state index contributed by atoms with van der Waals surface area (Å²) < 4.78 is 0. The number of hydrogen-bond acceptors (Lipinski definition) is 4. The molecule has 1 saturated heterocycles. The molecule has 7 heteroatoms. The molecule has 0 aliphatic carbocycles. The van der Waals surface area contributed by atoms with Crippen LogP contribution in [0.2, 0.25) is 0 Å². The van der Waals surface area contributed by atoms with Crippen LogP contribution in [0.1, 0.15) is 26.2 Å². The Hall–Kier alpha value is -1.50. The predicted octanol–water partition coefficient (Wildman–Crippen LogP) is -0.780. The zero-order chi connectivity index (χ0) is 13.0. The van der Waals surface area contributed by atoms with Gasteiger partial charge < -0.3 is 11.1 Å². The number of rotatable bonds is 4. The van der Waals surface area contributed by atoms with Gasteiger partial charge in [-0.3, -0.25) is 19.7 Å². The molecular weight excluding hydrogens is 242 g/mol. The summed E-state index contributed by atoms with van der Waals surface area (Å²) in [5.74, 6) is -1.74. The van der Waals surface area contributed by atoms with Gasteiger partial charge in [-0.1, -0.05) is 19.1 Å². The highest BCUT2D eigenvalue weighted by atomic mass is 32.1. The van der Waals surface area contributed by atoms with E-state index in [2.05, 4.69) is 10.6 Å². The highest BCUT2D eigenvalue weighted by molar-refractivity contribution is 7.80. The van der Waals surface area contributed by atoms with Crippen molar-refractivity contribution in [1.82, 2.24) is 10.6 Å². The van der Waals surface area contributed by atoms with Gasteiger partial charge in [-0.2, -0.15) is 0 Å². The number of piperidine rings is 1. The number of carbonyl (C=O) groups is 3. The van der Waals surface area contributed by atoms with Crippen LogP contribution in [-0.2, 0) is 14.4 Å². The summed E-state index contributed by atoms with van der Waals surface area (Å²) in [5, 5.41) is 4.72. The van der Waals surface area contributed by atoms with E-state index in [1.807, 2.05) is 0 Å². The fourth-order valence-corrected chi connectivity index (χ4v) is 1.89. The van der Waals surface area contributed by atoms with Crippen LogP contribution in [-0.4, -0.2) is 28.8 Å². The lowest BCUT2D eigenvalue weighted by atomic mass is 10.0. The van der Waals surface area contributed by atoms with E-state index in [0.29, 0.717) is 12.8 Å². The molecule has 1 fully saturated rings. The van der Waals surface area contributed by atoms with Crippen molar-refractivity contribution < 1.29 is 14.4 Å². The zero-order valence-corrected chi connectivity index (χ0v) is 10.3. The highest BCUT2D eigenvalue weighted by Gasteiger charge is 2.30. The van der Waals surface area contributed by atoms with E-state index in [4.69, 9.17) is 18.0 Å². The Bertz CT molecular complexity index is 370. The molecule has 2 atom stereocenters. The number of amides is 3. The third-order valence-electron chi connectivity index (χ3n) is 2.62. The Labute approximate surface area is 104 Å². The fraction of sp³-hybridized carbons (Fsp3) is 0.600. The summed E-state index contributed by atoms with van der Waals surface area (Å²) in [6.07, 6.45) is 1.01. The van der Waals surface area contributed by atoms with Crippen molar-refractivity contribution in [3.05, 3.63) is 0 Å². The SMILES string of the molecule is CCC(C(=O)NC1CCC(=O)NC1=O)C(N)=S. The first-order chi connectivity index (χ1) is 7.95. The average molecular weight is 257 g/mol. The second kappa shape index (κ2) is 5.72. The minimum absolute atomic E-state index is 0.109. The van der Waals surface area contributed by atoms with Crippen LogP contribution in [0.25, 0.3) is 0 Å². The predicted molar refractivity (Wildman–Crippen MR) is 64.9 cm³/mol. The van der Waals surface area contributed by atoms with Crippen LogP contribution in [0.4, 0.5) is 0 Å². The number of imide groups is 1. The van der Waals surface area contributed by atoms with Gasteiger partial charge in [-0.05, 0) is 12.8 Å². The summed E-state index contributed by atoms with van der Waals surface area (Å²) in [5.41, 5.74) is 5.43. The molecule has 1 aliphatic heterocycles. The normalized spacial score (nSPS) is 21.6. The summed E-state index contributed by atoms with van der Waals surface area (Å²) >= 11 is 4.77. The first kappa shape index (κ1) is 13.6. The van der Waals surface area contributed by atoms with Crippen LogP contribution in [0.3, 0.4) is 0 Å². The van der Waals surface area contributed by atoms with E-state index in [0.717, 1.165) is 0 Å². The molecule has 0 spiro atoms. The molecular formula is C10H15N3O3S. The van der Waals surface area contributed by atoms with Crippen molar-refractivity contribution in [2.75, 3.05) is 0 Å². The minimum atomic E-state index is -0.677. The first-order valence-electron chi connectivity index (χ1n) is 5.39. The van der Waals surface area contributed by atoms with E-state index in [1.165, 1.54) is 0 Å². The molecule has 94 valence electrons. The van der Waals surface area contributed by atoms with Crippen molar-refractivity contribution >= 4 is 34.9 Å². The van der Waals surface area contributed by atoms with E-state index >= 15 is 0 Å². The lowest BCUT2D eigenvalue weighted by Crippen LogP contribution is -2.54. The van der Waals surface area contributed by atoms with E-state index < -0.39 is 17.9 Å². The average Bonchev–Trinajstić information content (AvgIpc) is 2.22. The molecule has 1 heterocycles. The second-order valence-electron chi connectivity index (χ2n) is 3.88. The van der Waals surface area contributed by atoms with Crippen LogP contribution < -0.4 is 16.4 Å². The van der Waals surface area contributed by atoms with Crippen LogP contribution in [0.15, 0.2) is 0 Å². The summed E-state index contributed by atoms with van der Waals surface area (Å²) in [6.45, 7) is 1.79. The van der Waals surface area contributed by atoms with Crippen molar-refractivity contribution in [3.8, 4) is 0 Å². The first-order valence-corrected chi connectivity index (χ1v) is 5.80. The number of nitrogens with two attached hydrogens (primary N) is 1. The van der Waals surface area contributed by atoms with Crippen molar-refractivity contribution in [3.63, 3.8) is 0 Å². The highest BCUT2D eigenvalue weighted by Crippen LogP contribution is 2.08. The van der Waals surface area contributed by atoms with E-state index in [1.54, 1.807) is 6.92 Å². The summed E-state index contributed by atoms with van der Waals surface area (Å²) in [7, 11) is 0. The summed E-state index contributed by atoms with van der Waals surface area (Å²) in [6, 6.07) is -0.677. The van der Waals surface area contributed by atoms with Gasteiger partial charge in [0, 0.05) is 6.42 Å². The molecule has 0 aromatic carbocycles. The van der Waals surface area contributed by atoms with Gasteiger partial charge in [0.2, 0.25) is 17.7 Å². The van der Waals surface area contributed by atoms with Gasteiger partial charge in [0.05, 0.1) is 10.9 Å². The van der Waals surface area contributed by atoms with Crippen LogP contribution in [0, 0.1) is 5.92 Å². The Morgan fingerprint density at radius 1 is 1.65 bits per heavy atom. The Morgan fingerprint density at radius 2 is 2.29 bits per heavy atom. The standard InChI is InChI=1S/C10H15N3O3S/c1-2-5(8(11)17)9(15)12-6-3-4-7(14)13-10(6)16/h5-6H,2-4H2,1H3,(H2,11,17)(H,12,15)(H,13,14,16). The molecule has 0 aromatic heterocycles. The third kappa shape index (κ3) is 3.48. The van der Waals surface area contributed by atoms with Crippen molar-refractivity contribution in [2.45, 2.75) is 32.2 Å². The minimum Gasteiger partial charge on any atom is -0.393 e. The molecule has 17 heavy (non-hydrogen) atoms. The molecule has 0 radical (unpaired) electrons. The second-order valence-corrected chi connectivity index (χ2v) is 4.35. The van der Waals surface area contributed by atoms with Gasteiger partial charge >= 0.3 is 0 Å². The molecule has 0 saturated carbocycles. The Kier molecular flexibility index (Phi) is 4.56. The fourth-order valence-electron chi connectivity index (χ4n) is 1.62. The number of hydrogen-bond donors (Lipinski definition) is 3. The summed E-state index contributed by atoms with van der Waals surface area (Å²) in [4.78, 5) is 34.2. The Morgan fingerprint density at radius 3 is 2.76 bits per heavy atom. The third-order valence-corrected chi connectivity index (χ3v) is 2.91. The monoisotopic (exact) mass is 257 g/mol. The smallest absolute Gasteiger partial charge is 0.249 e. The van der Waals surface area contributed by atoms with Crippen LogP contribution >= 0.6 is 12.2 Å².